The molecule has 0 bridgehead atoms. The summed E-state index contributed by atoms with van der Waals surface area (Å²) < 4.78 is 0. The number of nitrogens with zero attached hydrogens (tertiary/aromatic N) is 1. The zero-order valence-electron chi connectivity index (χ0n) is 16.3. The molecule has 0 spiro atoms. The molecule has 2 aromatic rings. The predicted molar refractivity (Wildman–Crippen MR) is 111 cm³/mol. The summed E-state index contributed by atoms with van der Waals surface area (Å²) in [5, 5.41) is 5.88. The van der Waals surface area contributed by atoms with Gasteiger partial charge in [0.2, 0.25) is 11.8 Å². The predicted octanol–water partition coefficient (Wildman–Crippen LogP) is 2.69. The minimum Gasteiger partial charge on any atom is -0.355 e. The second kappa shape index (κ2) is 10.6. The third-order valence-corrected chi connectivity index (χ3v) is 5.14. The van der Waals surface area contributed by atoms with Gasteiger partial charge in [-0.3, -0.25) is 14.5 Å². The first-order valence-corrected chi connectivity index (χ1v) is 10.1. The molecule has 1 aliphatic rings. The van der Waals surface area contributed by atoms with E-state index in [9.17, 15) is 9.59 Å². The number of rotatable bonds is 9. The number of carbonyl (C=O) groups is 2. The van der Waals surface area contributed by atoms with Crippen molar-refractivity contribution in [3.63, 3.8) is 0 Å². The molecule has 5 heteroatoms. The Kier molecular flexibility index (Phi) is 7.62. The van der Waals surface area contributed by atoms with Gasteiger partial charge in [0.1, 0.15) is 0 Å². The average Bonchev–Trinajstić information content (AvgIpc) is 3.24. The lowest BCUT2D eigenvalue weighted by atomic mass is 10.1. The summed E-state index contributed by atoms with van der Waals surface area (Å²) in [5.74, 6) is -0.0848. The van der Waals surface area contributed by atoms with E-state index >= 15 is 0 Å². The number of likely N-dealkylation sites (tertiary alicyclic amines) is 1. The maximum atomic E-state index is 12.3. The number of nitrogens with one attached hydrogen (secondary N) is 2. The minimum absolute atomic E-state index is 0.0276. The highest BCUT2D eigenvalue weighted by atomic mass is 16.2. The van der Waals surface area contributed by atoms with Crippen molar-refractivity contribution in [2.75, 3.05) is 26.2 Å². The quantitative estimate of drug-likeness (QED) is 0.704. The Hall–Kier alpha value is -2.66. The molecule has 3 rings (SSSR count). The molecule has 1 atom stereocenters. The van der Waals surface area contributed by atoms with Gasteiger partial charge in [0.05, 0.1) is 12.5 Å². The minimum atomic E-state index is -0.0572. The van der Waals surface area contributed by atoms with Crippen molar-refractivity contribution in [3.8, 4) is 0 Å². The third-order valence-electron chi connectivity index (χ3n) is 5.14. The fourth-order valence-corrected chi connectivity index (χ4v) is 3.64. The van der Waals surface area contributed by atoms with Gasteiger partial charge in [-0.05, 0) is 37.1 Å². The van der Waals surface area contributed by atoms with Gasteiger partial charge in [-0.15, -0.1) is 0 Å². The highest BCUT2D eigenvalue weighted by Gasteiger charge is 2.23. The zero-order chi connectivity index (χ0) is 19.6. The molecular weight excluding hydrogens is 350 g/mol. The van der Waals surface area contributed by atoms with Gasteiger partial charge in [0.25, 0.3) is 0 Å². The van der Waals surface area contributed by atoms with Crippen molar-refractivity contribution >= 4 is 11.8 Å². The number of benzene rings is 2. The monoisotopic (exact) mass is 379 g/mol. The van der Waals surface area contributed by atoms with Crippen molar-refractivity contribution < 1.29 is 9.59 Å². The second-order valence-corrected chi connectivity index (χ2v) is 7.24. The van der Waals surface area contributed by atoms with Gasteiger partial charge in [-0.2, -0.15) is 0 Å². The molecule has 0 aromatic heterocycles. The van der Waals surface area contributed by atoms with E-state index in [0.717, 1.165) is 18.7 Å². The Balaban J connectivity index is 1.41. The van der Waals surface area contributed by atoms with Crippen LogP contribution in [0.4, 0.5) is 0 Å². The molecule has 5 nitrogen and oxygen atoms in total. The molecule has 1 heterocycles. The SMILES string of the molecule is O=C(CCNC(=O)Cc1ccccc1)NCC(c1ccccc1)N1CCCC1. The Morgan fingerprint density at radius 3 is 2.18 bits per heavy atom. The molecular formula is C23H29N3O2. The summed E-state index contributed by atoms with van der Waals surface area (Å²) >= 11 is 0. The Morgan fingerprint density at radius 1 is 0.857 bits per heavy atom. The standard InChI is InChI=1S/C23H29N3O2/c27-22(13-14-24-23(28)17-19-9-3-1-4-10-19)25-18-21(26-15-7-8-16-26)20-11-5-2-6-12-20/h1-6,9-12,21H,7-8,13-18H2,(H,24,28)(H,25,27). The summed E-state index contributed by atoms with van der Waals surface area (Å²) in [4.78, 5) is 26.7. The van der Waals surface area contributed by atoms with E-state index < -0.39 is 0 Å². The Labute approximate surface area is 167 Å². The Bertz CT molecular complexity index is 743. The van der Waals surface area contributed by atoms with Crippen LogP contribution in [0.5, 0.6) is 0 Å². The van der Waals surface area contributed by atoms with Crippen molar-refractivity contribution in [2.24, 2.45) is 0 Å². The normalized spacial score (nSPS) is 15.1. The molecule has 0 radical (unpaired) electrons. The summed E-state index contributed by atoms with van der Waals surface area (Å²) in [5.41, 5.74) is 2.21. The summed E-state index contributed by atoms with van der Waals surface area (Å²) in [6.07, 6.45) is 3.06. The van der Waals surface area contributed by atoms with Crippen molar-refractivity contribution in [1.29, 1.82) is 0 Å². The van der Waals surface area contributed by atoms with Crippen LogP contribution in [0.15, 0.2) is 60.7 Å². The highest BCUT2D eigenvalue weighted by Crippen LogP contribution is 2.24. The maximum Gasteiger partial charge on any atom is 0.224 e. The van der Waals surface area contributed by atoms with Crippen LogP contribution >= 0.6 is 0 Å². The lowest BCUT2D eigenvalue weighted by molar-refractivity contribution is -0.122. The Morgan fingerprint density at radius 2 is 1.50 bits per heavy atom. The molecule has 2 aromatic carbocycles. The van der Waals surface area contributed by atoms with Crippen LogP contribution in [0.1, 0.15) is 36.4 Å². The van der Waals surface area contributed by atoms with Crippen molar-refractivity contribution in [1.82, 2.24) is 15.5 Å². The van der Waals surface area contributed by atoms with Gasteiger partial charge in [0.15, 0.2) is 0 Å². The molecule has 0 aliphatic carbocycles. The molecule has 1 aliphatic heterocycles. The molecule has 148 valence electrons. The summed E-state index contributed by atoms with van der Waals surface area (Å²) in [6.45, 7) is 3.11. The van der Waals surface area contributed by atoms with Gasteiger partial charge in [-0.25, -0.2) is 0 Å². The molecule has 2 amide bonds. The van der Waals surface area contributed by atoms with Crippen LogP contribution in [-0.2, 0) is 16.0 Å². The molecule has 0 saturated carbocycles. The largest absolute Gasteiger partial charge is 0.355 e. The van der Waals surface area contributed by atoms with Crippen LogP contribution in [0.3, 0.4) is 0 Å². The van der Waals surface area contributed by atoms with Crippen LogP contribution in [0.2, 0.25) is 0 Å². The molecule has 1 fully saturated rings. The first-order chi connectivity index (χ1) is 13.7. The first kappa shape index (κ1) is 20.1. The summed E-state index contributed by atoms with van der Waals surface area (Å²) in [7, 11) is 0. The van der Waals surface area contributed by atoms with Crippen LogP contribution < -0.4 is 10.6 Å². The van der Waals surface area contributed by atoms with E-state index in [1.54, 1.807) is 0 Å². The topological polar surface area (TPSA) is 61.4 Å². The molecule has 1 saturated heterocycles. The number of hydrogen-bond acceptors (Lipinski definition) is 3. The fraction of sp³-hybridized carbons (Fsp3) is 0.391. The van der Waals surface area contributed by atoms with Crippen LogP contribution in [0, 0.1) is 0 Å². The lowest BCUT2D eigenvalue weighted by Crippen LogP contribution is -2.38. The zero-order valence-corrected chi connectivity index (χ0v) is 16.3. The fourth-order valence-electron chi connectivity index (χ4n) is 3.64. The smallest absolute Gasteiger partial charge is 0.224 e. The van der Waals surface area contributed by atoms with E-state index in [2.05, 4.69) is 27.7 Å². The van der Waals surface area contributed by atoms with E-state index in [1.807, 2.05) is 48.5 Å². The van der Waals surface area contributed by atoms with Gasteiger partial charge in [-0.1, -0.05) is 60.7 Å². The van der Waals surface area contributed by atoms with Crippen molar-refractivity contribution in [3.05, 3.63) is 71.8 Å². The first-order valence-electron chi connectivity index (χ1n) is 10.1. The number of hydrogen-bond donors (Lipinski definition) is 2. The third kappa shape index (κ3) is 6.20. The van der Waals surface area contributed by atoms with E-state index in [4.69, 9.17) is 0 Å². The molecule has 2 N–H and O–H groups in total. The van der Waals surface area contributed by atoms with E-state index in [-0.39, 0.29) is 17.9 Å². The van der Waals surface area contributed by atoms with Gasteiger partial charge >= 0.3 is 0 Å². The van der Waals surface area contributed by atoms with Crippen LogP contribution in [0.25, 0.3) is 0 Å². The van der Waals surface area contributed by atoms with Gasteiger partial charge in [0, 0.05) is 19.5 Å². The van der Waals surface area contributed by atoms with Crippen LogP contribution in [-0.4, -0.2) is 42.9 Å². The summed E-state index contributed by atoms with van der Waals surface area (Å²) in [6, 6.07) is 20.2. The average molecular weight is 380 g/mol. The molecule has 28 heavy (non-hydrogen) atoms. The maximum absolute atomic E-state index is 12.3. The molecule has 1 unspecified atom stereocenters. The second-order valence-electron chi connectivity index (χ2n) is 7.24. The van der Waals surface area contributed by atoms with Gasteiger partial charge < -0.3 is 10.6 Å². The highest BCUT2D eigenvalue weighted by molar-refractivity contribution is 5.80. The lowest BCUT2D eigenvalue weighted by Gasteiger charge is -2.28. The van der Waals surface area contributed by atoms with Crippen molar-refractivity contribution in [2.45, 2.75) is 31.7 Å². The number of carbonyl (C=O) groups excluding carboxylic acids is 2. The van der Waals surface area contributed by atoms with E-state index in [1.165, 1.54) is 18.4 Å². The van der Waals surface area contributed by atoms with E-state index in [0.29, 0.717) is 25.9 Å². The number of amides is 2.